The average Bonchev–Trinajstić information content (AvgIpc) is 2.06. The van der Waals surface area contributed by atoms with E-state index in [4.69, 9.17) is 0 Å². The maximum Gasteiger partial charge on any atom is 0.207 e. The molecule has 0 radical (unpaired) electrons. The van der Waals surface area contributed by atoms with Crippen LogP contribution in [0.5, 0.6) is 0 Å². The molecule has 0 aromatic heterocycles. The summed E-state index contributed by atoms with van der Waals surface area (Å²) >= 11 is 4.32. The van der Waals surface area contributed by atoms with Crippen LogP contribution in [-0.4, -0.2) is 13.4 Å². The van der Waals surface area contributed by atoms with Crippen molar-refractivity contribution < 1.29 is 8.42 Å². The van der Waals surface area contributed by atoms with Crippen LogP contribution in [0.15, 0.2) is 40.6 Å². The first-order valence-electron chi connectivity index (χ1n) is 3.18. The third-order valence-electron chi connectivity index (χ3n) is 1.28. The Morgan fingerprint density at radius 1 is 1.25 bits per heavy atom. The van der Waals surface area contributed by atoms with Crippen molar-refractivity contribution in [3.8, 4) is 0 Å². The van der Waals surface area contributed by atoms with Crippen LogP contribution in [0.4, 0.5) is 0 Å². The molecule has 2 nitrogen and oxygen atoms in total. The van der Waals surface area contributed by atoms with Gasteiger partial charge in [0.15, 0.2) is 0 Å². The Morgan fingerprint density at radius 2 is 1.83 bits per heavy atom. The molecular weight excluding hydrogens is 192 g/mol. The molecule has 1 rings (SSSR count). The van der Waals surface area contributed by atoms with Gasteiger partial charge in [0.05, 0.1) is 10.3 Å². The predicted molar refractivity (Wildman–Crippen MR) is 50.8 cm³/mol. The molecule has 62 valence electrons. The highest BCUT2D eigenvalue weighted by Gasteiger charge is 2.07. The minimum Gasteiger partial charge on any atom is -0.218 e. The predicted octanol–water partition coefficient (Wildman–Crippen LogP) is 1.57. The molecule has 0 aliphatic heterocycles. The number of hydrogen-bond donors (Lipinski definition) is 0. The van der Waals surface area contributed by atoms with Gasteiger partial charge in [0, 0.05) is 0 Å². The van der Waals surface area contributed by atoms with Crippen LogP contribution in [0.1, 0.15) is 0 Å². The molecule has 1 aromatic rings. The smallest absolute Gasteiger partial charge is 0.207 e. The fourth-order valence-corrected chi connectivity index (χ4v) is 1.92. The first-order valence-corrected chi connectivity index (χ1v) is 5.13. The summed E-state index contributed by atoms with van der Waals surface area (Å²) in [5.74, 6) is 0. The second-order valence-electron chi connectivity index (χ2n) is 2.09. The van der Waals surface area contributed by atoms with E-state index in [2.05, 4.69) is 17.2 Å². The first kappa shape index (κ1) is 9.13. The van der Waals surface area contributed by atoms with Gasteiger partial charge >= 0.3 is 0 Å². The first-order chi connectivity index (χ1) is 5.67. The highest BCUT2D eigenvalue weighted by Crippen LogP contribution is 2.09. The Labute approximate surface area is 76.5 Å². The Bertz CT molecular complexity index is 400. The summed E-state index contributed by atoms with van der Waals surface area (Å²) in [6.07, 6.45) is 0. The molecule has 0 bridgehead atoms. The van der Waals surface area contributed by atoms with Gasteiger partial charge in [0.2, 0.25) is 9.84 Å². The molecule has 4 heteroatoms. The van der Waals surface area contributed by atoms with Gasteiger partial charge in [-0.15, -0.1) is 0 Å². The summed E-state index contributed by atoms with van der Waals surface area (Å²) in [6, 6.07) is 8.09. The lowest BCUT2D eigenvalue weighted by molar-refractivity contribution is 0.605. The topological polar surface area (TPSA) is 34.1 Å². The van der Waals surface area contributed by atoms with Crippen LogP contribution < -0.4 is 0 Å². The van der Waals surface area contributed by atoms with E-state index in [0.717, 1.165) is 5.41 Å². The number of benzene rings is 1. The van der Waals surface area contributed by atoms with Gasteiger partial charge in [-0.1, -0.05) is 18.2 Å². The highest BCUT2D eigenvalue weighted by molar-refractivity contribution is 7.95. The molecule has 0 aliphatic rings. The zero-order valence-electron chi connectivity index (χ0n) is 6.10. The van der Waals surface area contributed by atoms with Gasteiger partial charge in [-0.2, -0.15) is 0 Å². The summed E-state index contributed by atoms with van der Waals surface area (Å²) in [6.45, 7) is 0. The van der Waals surface area contributed by atoms with Crippen LogP contribution >= 0.6 is 12.2 Å². The summed E-state index contributed by atoms with van der Waals surface area (Å²) in [5, 5.41) is 2.96. The van der Waals surface area contributed by atoms with Gasteiger partial charge < -0.3 is 0 Å². The summed E-state index contributed by atoms with van der Waals surface area (Å²) < 4.78 is 22.5. The van der Waals surface area contributed by atoms with Crippen molar-refractivity contribution in [3.05, 3.63) is 35.7 Å². The Hall–Kier alpha value is -0.960. The molecule has 0 spiro atoms. The van der Waals surface area contributed by atoms with Crippen LogP contribution in [0, 0.1) is 0 Å². The van der Waals surface area contributed by atoms with Crippen molar-refractivity contribution in [3.63, 3.8) is 0 Å². The molecule has 12 heavy (non-hydrogen) atoms. The Morgan fingerprint density at radius 3 is 2.33 bits per heavy atom. The average molecular weight is 198 g/mol. The van der Waals surface area contributed by atoms with Crippen molar-refractivity contribution in [2.75, 3.05) is 0 Å². The lowest BCUT2D eigenvalue weighted by Crippen LogP contribution is -1.94. The molecule has 0 saturated carbocycles. The maximum absolute atomic E-state index is 11.2. The van der Waals surface area contributed by atoms with Gasteiger partial charge in [-0.25, -0.2) is 8.42 Å². The van der Waals surface area contributed by atoms with Crippen LogP contribution in [0.3, 0.4) is 0 Å². The van der Waals surface area contributed by atoms with Gasteiger partial charge in [-0.05, 0) is 29.4 Å². The van der Waals surface area contributed by atoms with Gasteiger partial charge in [0.1, 0.15) is 0 Å². The zero-order valence-corrected chi connectivity index (χ0v) is 7.73. The fraction of sp³-hybridized carbons (Fsp3) is 0. The minimum absolute atomic E-state index is 0.238. The third-order valence-corrected chi connectivity index (χ3v) is 2.90. The number of sulfone groups is 1. The molecule has 0 unspecified atom stereocenters. The molecular formula is C8H6O2S2. The van der Waals surface area contributed by atoms with E-state index >= 15 is 0 Å². The standard InChI is InChI=1S/C8H6O2S2/c9-12(10,7-6-11)8-4-2-1-3-5-8/h1-5,7H. The van der Waals surface area contributed by atoms with E-state index in [-0.39, 0.29) is 4.90 Å². The maximum atomic E-state index is 11.2. The van der Waals surface area contributed by atoms with E-state index in [1.807, 2.05) is 0 Å². The van der Waals surface area contributed by atoms with Crippen LogP contribution in [0.2, 0.25) is 0 Å². The number of rotatable bonds is 2. The van der Waals surface area contributed by atoms with Crippen molar-refractivity contribution in [2.24, 2.45) is 0 Å². The quantitative estimate of drug-likeness (QED) is 0.676. The van der Waals surface area contributed by atoms with E-state index in [1.165, 1.54) is 12.1 Å². The fourth-order valence-electron chi connectivity index (χ4n) is 0.742. The normalized spacial score (nSPS) is 10.3. The summed E-state index contributed by atoms with van der Waals surface area (Å²) in [7, 11) is -3.35. The SMILES string of the molecule is O=S(=O)(C=C=S)c1ccccc1. The van der Waals surface area contributed by atoms with E-state index < -0.39 is 9.84 Å². The van der Waals surface area contributed by atoms with Crippen LogP contribution in [-0.2, 0) is 9.84 Å². The molecule has 0 fully saturated rings. The zero-order chi connectivity index (χ0) is 9.03. The summed E-state index contributed by atoms with van der Waals surface area (Å²) in [4.78, 5) is 0.238. The van der Waals surface area contributed by atoms with Crippen molar-refractivity contribution in [1.29, 1.82) is 0 Å². The molecule has 0 atom stereocenters. The second kappa shape index (κ2) is 3.63. The molecule has 0 N–H and O–H groups in total. The highest BCUT2D eigenvalue weighted by atomic mass is 32.2. The number of hydrogen-bond acceptors (Lipinski definition) is 3. The largest absolute Gasteiger partial charge is 0.218 e. The lowest BCUT2D eigenvalue weighted by atomic mass is 10.4. The molecule has 0 amide bonds. The van der Waals surface area contributed by atoms with E-state index in [0.29, 0.717) is 0 Å². The van der Waals surface area contributed by atoms with Crippen molar-refractivity contribution >= 4 is 27.1 Å². The molecule has 0 saturated heterocycles. The van der Waals surface area contributed by atoms with Gasteiger partial charge in [-0.3, -0.25) is 0 Å². The second-order valence-corrected chi connectivity index (χ2v) is 4.13. The summed E-state index contributed by atoms with van der Waals surface area (Å²) in [5.41, 5.74) is 0. The number of thiocarbonyl (C=S) groups is 1. The third kappa shape index (κ3) is 2.01. The molecule has 1 aromatic carbocycles. The van der Waals surface area contributed by atoms with Crippen molar-refractivity contribution in [1.82, 2.24) is 0 Å². The Kier molecular flexibility index (Phi) is 2.76. The lowest BCUT2D eigenvalue weighted by Gasteiger charge is -1.94. The van der Waals surface area contributed by atoms with Crippen LogP contribution in [0.25, 0.3) is 0 Å². The van der Waals surface area contributed by atoms with Crippen molar-refractivity contribution in [2.45, 2.75) is 4.90 Å². The monoisotopic (exact) mass is 198 g/mol. The van der Waals surface area contributed by atoms with E-state index in [9.17, 15) is 8.42 Å². The molecule has 0 heterocycles. The Balaban J connectivity index is 3.25. The molecule has 0 aliphatic carbocycles. The van der Waals surface area contributed by atoms with E-state index in [1.54, 1.807) is 18.2 Å². The minimum atomic E-state index is -3.35. The van der Waals surface area contributed by atoms with Gasteiger partial charge in [0.25, 0.3) is 0 Å².